The first-order valence-electron chi connectivity index (χ1n) is 6.66. The fraction of sp³-hybridized carbons (Fsp3) is 0.538. The van der Waals surface area contributed by atoms with Gasteiger partial charge in [0.05, 0.1) is 6.26 Å². The minimum atomic E-state index is -3.13. The lowest BCUT2D eigenvalue weighted by Crippen LogP contribution is -2.50. The van der Waals surface area contributed by atoms with E-state index in [1.165, 1.54) is 10.6 Å². The number of benzene rings is 1. The van der Waals surface area contributed by atoms with Crippen LogP contribution in [0.2, 0.25) is 10.0 Å². The van der Waals surface area contributed by atoms with Gasteiger partial charge in [-0.3, -0.25) is 4.90 Å². The second-order valence-corrected chi connectivity index (χ2v) is 8.01. The molecule has 1 aliphatic heterocycles. The van der Waals surface area contributed by atoms with Gasteiger partial charge in [0.2, 0.25) is 10.0 Å². The van der Waals surface area contributed by atoms with Crippen molar-refractivity contribution in [3.05, 3.63) is 33.8 Å². The van der Waals surface area contributed by atoms with Crippen LogP contribution in [-0.4, -0.2) is 56.6 Å². The van der Waals surface area contributed by atoms with Crippen molar-refractivity contribution in [3.63, 3.8) is 0 Å². The minimum absolute atomic E-state index is 0.0112. The number of halogens is 2. The summed E-state index contributed by atoms with van der Waals surface area (Å²) in [5.41, 5.74) is 6.86. The molecule has 0 radical (unpaired) electrons. The molecule has 1 unspecified atom stereocenters. The monoisotopic (exact) mass is 351 g/mol. The van der Waals surface area contributed by atoms with E-state index >= 15 is 0 Å². The zero-order chi connectivity index (χ0) is 15.6. The molecule has 5 nitrogen and oxygen atoms in total. The Kier molecular flexibility index (Phi) is 5.51. The normalized spacial score (nSPS) is 19.6. The molecule has 0 aromatic heterocycles. The highest BCUT2D eigenvalue weighted by Gasteiger charge is 2.28. The predicted molar refractivity (Wildman–Crippen MR) is 86.2 cm³/mol. The highest BCUT2D eigenvalue weighted by molar-refractivity contribution is 7.88. The first kappa shape index (κ1) is 17.0. The Labute approximate surface area is 135 Å². The number of piperazine rings is 1. The lowest BCUT2D eigenvalue weighted by molar-refractivity contribution is 0.140. The molecule has 1 aliphatic rings. The van der Waals surface area contributed by atoms with E-state index in [1.54, 1.807) is 6.07 Å². The van der Waals surface area contributed by atoms with Crippen molar-refractivity contribution in [2.45, 2.75) is 6.04 Å². The molecule has 0 bridgehead atoms. The van der Waals surface area contributed by atoms with Gasteiger partial charge in [-0.15, -0.1) is 0 Å². The zero-order valence-electron chi connectivity index (χ0n) is 11.8. The number of hydrogen-bond donors (Lipinski definition) is 1. The average molecular weight is 352 g/mol. The number of sulfonamides is 1. The third-order valence-corrected chi connectivity index (χ3v) is 5.42. The molecule has 0 spiro atoms. The molecule has 1 aromatic rings. The fourth-order valence-corrected chi connectivity index (χ4v) is 3.98. The summed E-state index contributed by atoms with van der Waals surface area (Å²) in [6, 6.07) is 5.38. The van der Waals surface area contributed by atoms with Gasteiger partial charge in [0.1, 0.15) is 0 Å². The summed E-state index contributed by atoms with van der Waals surface area (Å²) in [5.74, 6) is 0. The van der Waals surface area contributed by atoms with E-state index in [-0.39, 0.29) is 6.04 Å². The highest BCUT2D eigenvalue weighted by Crippen LogP contribution is 2.27. The van der Waals surface area contributed by atoms with E-state index < -0.39 is 10.0 Å². The lowest BCUT2D eigenvalue weighted by atomic mass is 10.0. The van der Waals surface area contributed by atoms with Gasteiger partial charge in [-0.1, -0.05) is 23.2 Å². The molecule has 1 atom stereocenters. The lowest BCUT2D eigenvalue weighted by Gasteiger charge is -2.38. The van der Waals surface area contributed by atoms with Crippen LogP contribution in [0.3, 0.4) is 0 Å². The van der Waals surface area contributed by atoms with Gasteiger partial charge < -0.3 is 5.73 Å². The second-order valence-electron chi connectivity index (χ2n) is 5.15. The summed E-state index contributed by atoms with van der Waals surface area (Å²) in [6.07, 6.45) is 1.24. The molecule has 118 valence electrons. The Balaban J connectivity index is 2.13. The Hall–Kier alpha value is -0.370. The van der Waals surface area contributed by atoms with Crippen LogP contribution in [0, 0.1) is 0 Å². The summed E-state index contributed by atoms with van der Waals surface area (Å²) in [5, 5.41) is 1.15. The maximum absolute atomic E-state index is 11.5. The Bertz CT molecular complexity index is 581. The largest absolute Gasteiger partial charge is 0.329 e. The van der Waals surface area contributed by atoms with E-state index in [9.17, 15) is 8.42 Å². The molecule has 0 saturated carbocycles. The van der Waals surface area contributed by atoms with Crippen LogP contribution in [0.25, 0.3) is 0 Å². The molecule has 1 aromatic carbocycles. The molecule has 1 saturated heterocycles. The topological polar surface area (TPSA) is 66.6 Å². The Morgan fingerprint density at radius 2 is 1.67 bits per heavy atom. The van der Waals surface area contributed by atoms with Gasteiger partial charge in [0.15, 0.2) is 0 Å². The molecular weight excluding hydrogens is 333 g/mol. The molecule has 21 heavy (non-hydrogen) atoms. The van der Waals surface area contributed by atoms with E-state index in [4.69, 9.17) is 28.9 Å². The van der Waals surface area contributed by atoms with Gasteiger partial charge in [-0.25, -0.2) is 8.42 Å². The Morgan fingerprint density at radius 1 is 1.14 bits per heavy atom. The highest BCUT2D eigenvalue weighted by atomic mass is 35.5. The maximum Gasteiger partial charge on any atom is 0.211 e. The first-order valence-corrected chi connectivity index (χ1v) is 9.27. The van der Waals surface area contributed by atoms with Gasteiger partial charge in [-0.05, 0) is 23.8 Å². The van der Waals surface area contributed by atoms with Crippen LogP contribution in [0.15, 0.2) is 18.2 Å². The molecule has 2 rings (SSSR count). The molecule has 2 N–H and O–H groups in total. The summed E-state index contributed by atoms with van der Waals surface area (Å²) < 4.78 is 24.6. The van der Waals surface area contributed by atoms with Crippen molar-refractivity contribution in [2.75, 3.05) is 39.0 Å². The van der Waals surface area contributed by atoms with Crippen molar-refractivity contribution >= 4 is 33.2 Å². The van der Waals surface area contributed by atoms with E-state index in [2.05, 4.69) is 4.90 Å². The van der Waals surface area contributed by atoms with Crippen molar-refractivity contribution in [1.29, 1.82) is 0 Å². The van der Waals surface area contributed by atoms with Gasteiger partial charge in [0, 0.05) is 48.8 Å². The van der Waals surface area contributed by atoms with E-state index in [0.717, 1.165) is 5.56 Å². The van der Waals surface area contributed by atoms with Crippen molar-refractivity contribution < 1.29 is 8.42 Å². The summed E-state index contributed by atoms with van der Waals surface area (Å²) in [4.78, 5) is 2.17. The average Bonchev–Trinajstić information content (AvgIpc) is 2.38. The van der Waals surface area contributed by atoms with Crippen LogP contribution < -0.4 is 5.73 Å². The molecule has 0 amide bonds. The van der Waals surface area contributed by atoms with Crippen LogP contribution in [0.5, 0.6) is 0 Å². The predicted octanol–water partition coefficient (Wildman–Crippen LogP) is 1.57. The summed E-state index contributed by atoms with van der Waals surface area (Å²) in [6.45, 7) is 2.65. The number of nitrogens with zero attached hydrogens (tertiary/aromatic N) is 2. The summed E-state index contributed by atoms with van der Waals surface area (Å²) in [7, 11) is -3.13. The molecular formula is C13H19Cl2N3O2S. The molecule has 0 aliphatic carbocycles. The van der Waals surface area contributed by atoms with Gasteiger partial charge in [-0.2, -0.15) is 4.31 Å². The van der Waals surface area contributed by atoms with Gasteiger partial charge >= 0.3 is 0 Å². The van der Waals surface area contributed by atoms with Gasteiger partial charge in [0.25, 0.3) is 0 Å². The minimum Gasteiger partial charge on any atom is -0.329 e. The van der Waals surface area contributed by atoms with Crippen LogP contribution in [-0.2, 0) is 10.0 Å². The number of nitrogens with two attached hydrogens (primary N) is 1. The molecule has 8 heteroatoms. The smallest absolute Gasteiger partial charge is 0.211 e. The van der Waals surface area contributed by atoms with Crippen LogP contribution in [0.1, 0.15) is 11.6 Å². The van der Waals surface area contributed by atoms with Crippen LogP contribution >= 0.6 is 23.2 Å². The maximum atomic E-state index is 11.5. The second kappa shape index (κ2) is 6.81. The van der Waals surface area contributed by atoms with E-state index in [1.807, 2.05) is 12.1 Å². The molecule has 1 heterocycles. The number of rotatable bonds is 4. The third kappa shape index (κ3) is 4.31. The first-order chi connectivity index (χ1) is 9.81. The third-order valence-electron chi connectivity index (χ3n) is 3.68. The standard InChI is InChI=1S/C13H19Cl2N3O2S/c1-21(19,20)18-4-2-17(3-5-18)13(9-16)10-6-11(14)8-12(15)7-10/h6-8,13H,2-5,9,16H2,1H3. The zero-order valence-corrected chi connectivity index (χ0v) is 14.1. The van der Waals surface area contributed by atoms with Crippen molar-refractivity contribution in [3.8, 4) is 0 Å². The van der Waals surface area contributed by atoms with Crippen molar-refractivity contribution in [1.82, 2.24) is 9.21 Å². The SMILES string of the molecule is CS(=O)(=O)N1CCN(C(CN)c2cc(Cl)cc(Cl)c2)CC1. The summed E-state index contributed by atoms with van der Waals surface area (Å²) >= 11 is 12.1. The van der Waals surface area contributed by atoms with E-state index in [0.29, 0.717) is 42.8 Å². The molecule has 1 fully saturated rings. The Morgan fingerprint density at radius 3 is 2.10 bits per heavy atom. The quantitative estimate of drug-likeness (QED) is 0.893. The number of hydrogen-bond acceptors (Lipinski definition) is 4. The van der Waals surface area contributed by atoms with Crippen molar-refractivity contribution in [2.24, 2.45) is 5.73 Å². The fourth-order valence-electron chi connectivity index (χ4n) is 2.61. The van der Waals surface area contributed by atoms with Crippen LogP contribution in [0.4, 0.5) is 0 Å².